The van der Waals surface area contributed by atoms with Gasteiger partial charge in [-0.05, 0) is 19.8 Å². The lowest BCUT2D eigenvalue weighted by molar-refractivity contribution is -0.00876. The van der Waals surface area contributed by atoms with Gasteiger partial charge in [0.25, 0.3) is 0 Å². The van der Waals surface area contributed by atoms with E-state index in [4.69, 9.17) is 16.7 Å². The summed E-state index contributed by atoms with van der Waals surface area (Å²) >= 11 is 5.56. The molecule has 0 fully saturated rings. The summed E-state index contributed by atoms with van der Waals surface area (Å²) in [5.41, 5.74) is 0. The van der Waals surface area contributed by atoms with Crippen LogP contribution in [0.5, 0.6) is 0 Å². The molecule has 62 valence electrons. The molecule has 0 rings (SSSR count). The lowest BCUT2D eigenvalue weighted by atomic mass is 10.1. The van der Waals surface area contributed by atoms with Gasteiger partial charge in [0, 0.05) is 0 Å². The largest absolute Gasteiger partial charge is 0.389 e. The van der Waals surface area contributed by atoms with Crippen LogP contribution in [0.25, 0.3) is 0 Å². The molecule has 3 heteroatoms. The van der Waals surface area contributed by atoms with E-state index in [2.05, 4.69) is 0 Å². The van der Waals surface area contributed by atoms with Crippen molar-refractivity contribution in [2.24, 2.45) is 0 Å². The van der Waals surface area contributed by atoms with Crippen molar-refractivity contribution < 1.29 is 10.2 Å². The quantitative estimate of drug-likeness (QED) is 0.622. The molecule has 10 heavy (non-hydrogen) atoms. The maximum absolute atomic E-state index is 9.24. The minimum atomic E-state index is -1.42. The molecular weight excluding hydrogens is 152 g/mol. The first kappa shape index (κ1) is 10.2. The lowest BCUT2D eigenvalue weighted by Crippen LogP contribution is -2.33. The minimum Gasteiger partial charge on any atom is -0.389 e. The van der Waals surface area contributed by atoms with Gasteiger partial charge in [-0.2, -0.15) is 0 Å². The fourth-order valence-electron chi connectivity index (χ4n) is 0.634. The number of hydrogen-bond donors (Lipinski definition) is 2. The van der Waals surface area contributed by atoms with E-state index in [0.717, 1.165) is 12.8 Å². The molecule has 2 N–H and O–H groups in total. The van der Waals surface area contributed by atoms with Gasteiger partial charge in [0.05, 0.1) is 6.10 Å². The summed E-state index contributed by atoms with van der Waals surface area (Å²) in [4.78, 5) is 0. The second-order valence-electron chi connectivity index (χ2n) is 2.60. The van der Waals surface area contributed by atoms with Gasteiger partial charge >= 0.3 is 0 Å². The van der Waals surface area contributed by atoms with Crippen molar-refractivity contribution in [3.8, 4) is 0 Å². The van der Waals surface area contributed by atoms with Gasteiger partial charge in [0.15, 0.2) is 5.06 Å². The number of aliphatic hydroxyl groups excluding tert-OH is 1. The first-order valence-electron chi connectivity index (χ1n) is 3.60. The smallest absolute Gasteiger partial charge is 0.164 e. The van der Waals surface area contributed by atoms with Gasteiger partial charge in [-0.3, -0.25) is 0 Å². The van der Waals surface area contributed by atoms with Gasteiger partial charge in [-0.15, -0.1) is 0 Å². The summed E-state index contributed by atoms with van der Waals surface area (Å²) < 4.78 is 0. The average molecular weight is 167 g/mol. The van der Waals surface area contributed by atoms with Crippen molar-refractivity contribution in [1.82, 2.24) is 0 Å². The molecule has 0 aliphatic rings. The third-order valence-electron chi connectivity index (χ3n) is 1.52. The third-order valence-corrected chi connectivity index (χ3v) is 2.03. The second kappa shape index (κ2) is 4.16. The second-order valence-corrected chi connectivity index (χ2v) is 3.25. The Morgan fingerprint density at radius 2 is 2.10 bits per heavy atom. The first-order chi connectivity index (χ1) is 4.50. The highest BCUT2D eigenvalue weighted by Crippen LogP contribution is 2.22. The molecule has 2 atom stereocenters. The van der Waals surface area contributed by atoms with E-state index in [1.165, 1.54) is 6.92 Å². The topological polar surface area (TPSA) is 40.5 Å². The number of alkyl halides is 1. The molecule has 0 saturated carbocycles. The van der Waals surface area contributed by atoms with Gasteiger partial charge in [-0.25, -0.2) is 0 Å². The Hall–Kier alpha value is 0.210. The van der Waals surface area contributed by atoms with Gasteiger partial charge in [-0.1, -0.05) is 24.9 Å². The van der Waals surface area contributed by atoms with E-state index >= 15 is 0 Å². The number of hydrogen-bond acceptors (Lipinski definition) is 2. The molecule has 0 aliphatic carbocycles. The summed E-state index contributed by atoms with van der Waals surface area (Å²) in [6.07, 6.45) is 1.40. The molecule has 0 heterocycles. The van der Waals surface area contributed by atoms with Gasteiger partial charge in [0.2, 0.25) is 0 Å². The summed E-state index contributed by atoms with van der Waals surface area (Å²) in [5.74, 6) is 0. The lowest BCUT2D eigenvalue weighted by Gasteiger charge is -2.23. The number of rotatable bonds is 4. The van der Waals surface area contributed by atoms with E-state index in [1.54, 1.807) is 0 Å². The fourth-order valence-corrected chi connectivity index (χ4v) is 0.767. The zero-order valence-corrected chi connectivity index (χ0v) is 7.23. The Bertz CT molecular complexity index is 91.6. The predicted molar refractivity (Wildman–Crippen MR) is 42.0 cm³/mol. The van der Waals surface area contributed by atoms with Crippen LogP contribution in [0.3, 0.4) is 0 Å². The van der Waals surface area contributed by atoms with E-state index in [9.17, 15) is 5.11 Å². The van der Waals surface area contributed by atoms with Crippen molar-refractivity contribution in [2.45, 2.75) is 44.3 Å². The molecule has 0 bridgehead atoms. The van der Waals surface area contributed by atoms with Crippen LogP contribution in [0.2, 0.25) is 0 Å². The summed E-state index contributed by atoms with van der Waals surface area (Å²) in [5, 5.41) is 16.7. The van der Waals surface area contributed by atoms with Gasteiger partial charge < -0.3 is 10.2 Å². The van der Waals surface area contributed by atoms with Crippen LogP contribution in [-0.4, -0.2) is 21.4 Å². The van der Waals surface area contributed by atoms with Crippen LogP contribution in [0.4, 0.5) is 0 Å². The molecule has 0 spiro atoms. The predicted octanol–water partition coefficient (Wildman–Crippen LogP) is 1.48. The molecule has 0 saturated heterocycles. The average Bonchev–Trinajstić information content (AvgIpc) is 1.84. The highest BCUT2D eigenvalue weighted by atomic mass is 35.5. The third kappa shape index (κ3) is 3.40. The number of aliphatic hydroxyl groups is 2. The standard InChI is InChI=1S/C7H15ClO2/c1-3-4-5-7(8,10)6(2)9/h6,9-10H,3-5H2,1-2H3. The van der Waals surface area contributed by atoms with Crippen molar-refractivity contribution >= 4 is 11.6 Å². The molecule has 0 aromatic heterocycles. The van der Waals surface area contributed by atoms with Crippen LogP contribution < -0.4 is 0 Å². The summed E-state index contributed by atoms with van der Waals surface area (Å²) in [7, 11) is 0. The van der Waals surface area contributed by atoms with E-state index < -0.39 is 11.2 Å². The maximum Gasteiger partial charge on any atom is 0.164 e. The van der Waals surface area contributed by atoms with Crippen molar-refractivity contribution in [3.63, 3.8) is 0 Å². The SMILES string of the molecule is CCCCC(O)(Cl)C(C)O. The number of halogens is 1. The Morgan fingerprint density at radius 3 is 2.40 bits per heavy atom. The Morgan fingerprint density at radius 1 is 1.60 bits per heavy atom. The van der Waals surface area contributed by atoms with Crippen molar-refractivity contribution in [1.29, 1.82) is 0 Å². The van der Waals surface area contributed by atoms with Gasteiger partial charge in [0.1, 0.15) is 0 Å². The van der Waals surface area contributed by atoms with Crippen LogP contribution in [0, 0.1) is 0 Å². The van der Waals surface area contributed by atoms with E-state index in [1.807, 2.05) is 6.92 Å². The van der Waals surface area contributed by atoms with Crippen LogP contribution in [0.1, 0.15) is 33.1 Å². The number of unbranched alkanes of at least 4 members (excludes halogenated alkanes) is 1. The Balaban J connectivity index is 3.63. The van der Waals surface area contributed by atoms with Crippen LogP contribution in [0.15, 0.2) is 0 Å². The molecular formula is C7H15ClO2. The molecule has 0 aromatic rings. The minimum absolute atomic E-state index is 0.447. The molecule has 0 aromatic carbocycles. The summed E-state index contributed by atoms with van der Waals surface area (Å²) in [6, 6.07) is 0. The highest BCUT2D eigenvalue weighted by Gasteiger charge is 2.28. The van der Waals surface area contributed by atoms with Crippen LogP contribution >= 0.6 is 11.6 Å². The zero-order chi connectivity index (χ0) is 8.20. The summed E-state index contributed by atoms with van der Waals surface area (Å²) in [6.45, 7) is 3.50. The van der Waals surface area contributed by atoms with E-state index in [0.29, 0.717) is 6.42 Å². The fraction of sp³-hybridized carbons (Fsp3) is 1.00. The normalized spacial score (nSPS) is 20.1. The molecule has 2 nitrogen and oxygen atoms in total. The van der Waals surface area contributed by atoms with Crippen molar-refractivity contribution in [2.75, 3.05) is 0 Å². The molecule has 0 aliphatic heterocycles. The maximum atomic E-state index is 9.24. The highest BCUT2D eigenvalue weighted by molar-refractivity contribution is 6.23. The first-order valence-corrected chi connectivity index (χ1v) is 3.98. The Labute approximate surface area is 66.8 Å². The zero-order valence-electron chi connectivity index (χ0n) is 6.47. The van der Waals surface area contributed by atoms with Crippen molar-refractivity contribution in [3.05, 3.63) is 0 Å². The van der Waals surface area contributed by atoms with E-state index in [-0.39, 0.29) is 0 Å². The monoisotopic (exact) mass is 166 g/mol. The molecule has 2 unspecified atom stereocenters. The Kier molecular flexibility index (Phi) is 4.25. The molecule has 0 radical (unpaired) electrons. The van der Waals surface area contributed by atoms with Crippen LogP contribution in [-0.2, 0) is 0 Å². The molecule has 0 amide bonds.